The van der Waals surface area contributed by atoms with Crippen molar-refractivity contribution in [3.8, 4) is 0 Å². The smallest absolute Gasteiger partial charge is 0.269 e. The van der Waals surface area contributed by atoms with Crippen molar-refractivity contribution in [1.82, 2.24) is 0 Å². The van der Waals surface area contributed by atoms with Gasteiger partial charge in [-0.2, -0.15) is 12.2 Å². The predicted molar refractivity (Wildman–Crippen MR) is 70.7 cm³/mol. The van der Waals surface area contributed by atoms with Crippen LogP contribution >= 0.6 is 0 Å². The van der Waals surface area contributed by atoms with Gasteiger partial charge in [-0.3, -0.25) is 12.2 Å². The summed E-state index contributed by atoms with van der Waals surface area (Å²) in [6, 6.07) is 0. The Hall–Kier alpha value is -1.04. The van der Waals surface area contributed by atoms with Gasteiger partial charge in [0.25, 0.3) is 0 Å². The summed E-state index contributed by atoms with van der Waals surface area (Å²) in [6.45, 7) is 7.26. The molecular formula is C16H18Fe. The Kier molecular flexibility index (Phi) is 9.51. The van der Waals surface area contributed by atoms with Crippen LogP contribution in [0.4, 0.5) is 0 Å². The molecule has 0 saturated carbocycles. The Morgan fingerprint density at radius 1 is 0.941 bits per heavy atom. The number of hydrogen-bond donors (Lipinski definition) is 0. The minimum atomic E-state index is 0. The molecule has 0 radical (unpaired) electrons. The standard InChI is InChI=1S/2C8H9.Fe/c2*1-2-5-8-6-3-4-7-8;/h2*2-3,6H,1,4-5H2;/q2*-1;+2. The molecule has 0 N–H and O–H groups in total. The van der Waals surface area contributed by atoms with E-state index in [9.17, 15) is 0 Å². The SMILES string of the molecule is C=CCC1=[C-]CC=C1.C=CCC1=[C-]CC=C1.[Fe+2]. The topological polar surface area (TPSA) is 0 Å². The van der Waals surface area contributed by atoms with Crippen molar-refractivity contribution in [2.24, 2.45) is 0 Å². The fourth-order valence-electron chi connectivity index (χ4n) is 1.49. The Balaban J connectivity index is 0.000000284. The maximum atomic E-state index is 3.63. The normalized spacial score (nSPS) is 15.3. The molecule has 90 valence electrons. The summed E-state index contributed by atoms with van der Waals surface area (Å²) in [5.41, 5.74) is 2.56. The molecule has 0 aromatic carbocycles. The van der Waals surface area contributed by atoms with Crippen molar-refractivity contribution < 1.29 is 17.1 Å². The molecule has 0 amide bonds. The van der Waals surface area contributed by atoms with Gasteiger partial charge in [-0.1, -0.05) is 12.2 Å². The van der Waals surface area contributed by atoms with Crippen molar-refractivity contribution in [2.45, 2.75) is 25.7 Å². The maximum Gasteiger partial charge on any atom is 2.00 e. The average molecular weight is 266 g/mol. The molecule has 0 heterocycles. The van der Waals surface area contributed by atoms with Gasteiger partial charge < -0.3 is 0 Å². The molecule has 0 aliphatic heterocycles. The van der Waals surface area contributed by atoms with E-state index in [1.54, 1.807) is 0 Å². The van der Waals surface area contributed by atoms with Gasteiger partial charge in [0.05, 0.1) is 0 Å². The van der Waals surface area contributed by atoms with Gasteiger partial charge in [-0.25, -0.2) is 23.3 Å². The molecule has 0 atom stereocenters. The van der Waals surface area contributed by atoms with Crippen LogP contribution in [0.3, 0.4) is 0 Å². The van der Waals surface area contributed by atoms with E-state index in [-0.39, 0.29) is 17.1 Å². The largest absolute Gasteiger partial charge is 2.00 e. The second-order valence-electron chi connectivity index (χ2n) is 3.60. The first-order chi connectivity index (χ1) is 7.86. The summed E-state index contributed by atoms with van der Waals surface area (Å²) >= 11 is 0. The average Bonchev–Trinajstić information content (AvgIpc) is 2.92. The van der Waals surface area contributed by atoms with Crippen LogP contribution in [-0.2, 0) is 17.1 Å². The summed E-state index contributed by atoms with van der Waals surface area (Å²) in [4.78, 5) is 0. The molecule has 0 saturated heterocycles. The van der Waals surface area contributed by atoms with Gasteiger partial charge in [0.15, 0.2) is 0 Å². The van der Waals surface area contributed by atoms with E-state index in [1.807, 2.05) is 12.2 Å². The molecule has 17 heavy (non-hydrogen) atoms. The Labute approximate surface area is 116 Å². The molecule has 0 aromatic rings. The second-order valence-corrected chi connectivity index (χ2v) is 3.60. The molecule has 0 spiro atoms. The third-order valence-electron chi connectivity index (χ3n) is 2.26. The van der Waals surface area contributed by atoms with Crippen molar-refractivity contribution in [2.75, 3.05) is 0 Å². The monoisotopic (exact) mass is 266 g/mol. The van der Waals surface area contributed by atoms with E-state index in [0.29, 0.717) is 0 Å². The Bertz CT molecular complexity index is 318. The van der Waals surface area contributed by atoms with Crippen LogP contribution in [0.25, 0.3) is 0 Å². The third-order valence-corrected chi connectivity index (χ3v) is 2.26. The van der Waals surface area contributed by atoms with Gasteiger partial charge in [0.2, 0.25) is 0 Å². The molecule has 1 heteroatoms. The van der Waals surface area contributed by atoms with E-state index < -0.39 is 0 Å². The molecule has 0 aromatic heterocycles. The zero-order valence-electron chi connectivity index (χ0n) is 10.1. The van der Waals surface area contributed by atoms with Crippen LogP contribution in [0.1, 0.15) is 25.7 Å². The van der Waals surface area contributed by atoms with E-state index in [2.05, 4.69) is 49.6 Å². The summed E-state index contributed by atoms with van der Waals surface area (Å²) < 4.78 is 0. The zero-order chi connectivity index (χ0) is 11.6. The maximum absolute atomic E-state index is 3.63. The Morgan fingerprint density at radius 2 is 1.35 bits per heavy atom. The fourth-order valence-corrected chi connectivity index (χ4v) is 1.49. The molecule has 0 bridgehead atoms. The fraction of sp³-hybridized carbons (Fsp3) is 0.250. The molecule has 0 unspecified atom stereocenters. The van der Waals surface area contributed by atoms with Crippen LogP contribution in [0, 0.1) is 12.2 Å². The van der Waals surface area contributed by atoms with Gasteiger partial charge in [0, 0.05) is 0 Å². The first-order valence-electron chi connectivity index (χ1n) is 5.61. The van der Waals surface area contributed by atoms with Crippen LogP contribution in [0.2, 0.25) is 0 Å². The molecule has 2 aliphatic rings. The van der Waals surface area contributed by atoms with Gasteiger partial charge in [0.1, 0.15) is 0 Å². The minimum Gasteiger partial charge on any atom is -0.269 e. The third kappa shape index (κ3) is 6.99. The van der Waals surface area contributed by atoms with Crippen LogP contribution in [0.15, 0.2) is 60.8 Å². The van der Waals surface area contributed by atoms with E-state index in [4.69, 9.17) is 0 Å². The van der Waals surface area contributed by atoms with Gasteiger partial charge in [-0.15, -0.1) is 26.0 Å². The van der Waals surface area contributed by atoms with Crippen molar-refractivity contribution in [3.05, 3.63) is 72.9 Å². The van der Waals surface area contributed by atoms with E-state index >= 15 is 0 Å². The predicted octanol–water partition coefficient (Wildman–Crippen LogP) is 4.50. The molecule has 2 rings (SSSR count). The van der Waals surface area contributed by atoms with E-state index in [1.165, 1.54) is 11.1 Å². The minimum absolute atomic E-state index is 0. The summed E-state index contributed by atoms with van der Waals surface area (Å²) in [5.74, 6) is 0. The number of hydrogen-bond acceptors (Lipinski definition) is 0. The zero-order valence-corrected chi connectivity index (χ0v) is 11.2. The Morgan fingerprint density at radius 3 is 1.59 bits per heavy atom. The van der Waals surface area contributed by atoms with Crippen LogP contribution in [-0.4, -0.2) is 0 Å². The molecule has 0 nitrogen and oxygen atoms in total. The van der Waals surface area contributed by atoms with Crippen LogP contribution in [0.5, 0.6) is 0 Å². The summed E-state index contributed by atoms with van der Waals surface area (Å²) in [7, 11) is 0. The first-order valence-corrected chi connectivity index (χ1v) is 5.61. The first kappa shape index (κ1) is 16.0. The summed E-state index contributed by atoms with van der Waals surface area (Å²) in [6.07, 6.45) is 22.5. The molecule has 0 fully saturated rings. The van der Waals surface area contributed by atoms with Crippen molar-refractivity contribution in [3.63, 3.8) is 0 Å². The van der Waals surface area contributed by atoms with Crippen molar-refractivity contribution >= 4 is 0 Å². The van der Waals surface area contributed by atoms with Crippen LogP contribution < -0.4 is 0 Å². The second kappa shape index (κ2) is 10.1. The van der Waals surface area contributed by atoms with Crippen molar-refractivity contribution in [1.29, 1.82) is 0 Å². The molecule has 2 aliphatic carbocycles. The van der Waals surface area contributed by atoms with Gasteiger partial charge in [-0.05, 0) is 12.8 Å². The van der Waals surface area contributed by atoms with E-state index in [0.717, 1.165) is 25.7 Å². The van der Waals surface area contributed by atoms with Gasteiger partial charge >= 0.3 is 17.1 Å². The summed E-state index contributed by atoms with van der Waals surface area (Å²) in [5, 5.41) is 0. The number of allylic oxidation sites excluding steroid dienone is 10. The quantitative estimate of drug-likeness (QED) is 0.399. The molecular weight excluding hydrogens is 248 g/mol. The number of rotatable bonds is 4.